The molecule has 98 valence electrons. The molecule has 0 unspecified atom stereocenters. The van der Waals surface area contributed by atoms with Crippen LogP contribution in [0.1, 0.15) is 5.56 Å². The number of nitrogens with one attached hydrogen (secondary N) is 2. The number of pyridine rings is 1. The molecule has 1 aromatic carbocycles. The first-order chi connectivity index (χ1) is 9.04. The molecule has 0 radical (unpaired) electrons. The second kappa shape index (κ2) is 5.79. The second-order valence-electron chi connectivity index (χ2n) is 3.91. The number of carbonyl (C=O) groups excluding carboxylic acids is 1. The summed E-state index contributed by atoms with van der Waals surface area (Å²) in [5, 5.41) is 2.51. The highest BCUT2D eigenvalue weighted by atomic mass is 79.9. The van der Waals surface area contributed by atoms with Gasteiger partial charge in [0, 0.05) is 10.7 Å². The molecule has 0 bridgehead atoms. The third-order valence-corrected chi connectivity index (χ3v) is 2.88. The Kier molecular flexibility index (Phi) is 4.11. The van der Waals surface area contributed by atoms with Crippen LogP contribution in [-0.4, -0.2) is 10.9 Å². The Hall–Kier alpha value is -1.95. The maximum absolute atomic E-state index is 12.7. The van der Waals surface area contributed by atoms with Crippen molar-refractivity contribution in [1.29, 1.82) is 0 Å². The summed E-state index contributed by atoms with van der Waals surface area (Å²) in [7, 11) is 0. The SMILES string of the molecule is O=C(Cc1ccc(F)cc1)Nc1cc(Br)c[nH]c1=O. The Morgan fingerprint density at radius 2 is 2.00 bits per heavy atom. The van der Waals surface area contributed by atoms with Crippen molar-refractivity contribution in [3.63, 3.8) is 0 Å². The van der Waals surface area contributed by atoms with Gasteiger partial charge in [0.15, 0.2) is 0 Å². The van der Waals surface area contributed by atoms with E-state index in [4.69, 9.17) is 0 Å². The van der Waals surface area contributed by atoms with Crippen molar-refractivity contribution in [1.82, 2.24) is 4.98 Å². The Labute approximate surface area is 116 Å². The monoisotopic (exact) mass is 324 g/mol. The van der Waals surface area contributed by atoms with Crippen LogP contribution in [0.2, 0.25) is 0 Å². The first-order valence-electron chi connectivity index (χ1n) is 5.47. The molecule has 2 rings (SSSR count). The quantitative estimate of drug-likeness (QED) is 0.911. The van der Waals surface area contributed by atoms with Gasteiger partial charge in [-0.15, -0.1) is 0 Å². The second-order valence-corrected chi connectivity index (χ2v) is 4.83. The highest BCUT2D eigenvalue weighted by molar-refractivity contribution is 9.10. The lowest BCUT2D eigenvalue weighted by molar-refractivity contribution is -0.115. The third-order valence-electron chi connectivity index (χ3n) is 2.42. The van der Waals surface area contributed by atoms with Gasteiger partial charge in [0.2, 0.25) is 5.91 Å². The van der Waals surface area contributed by atoms with E-state index in [1.165, 1.54) is 36.5 Å². The molecular formula is C13H10BrFN2O2. The van der Waals surface area contributed by atoms with E-state index < -0.39 is 0 Å². The average molecular weight is 325 g/mol. The summed E-state index contributed by atoms with van der Waals surface area (Å²) in [4.78, 5) is 25.7. The van der Waals surface area contributed by atoms with Gasteiger partial charge in [0.05, 0.1) is 6.42 Å². The van der Waals surface area contributed by atoms with E-state index in [9.17, 15) is 14.0 Å². The van der Waals surface area contributed by atoms with Crippen LogP contribution in [0.5, 0.6) is 0 Å². The van der Waals surface area contributed by atoms with Crippen molar-refractivity contribution >= 4 is 27.5 Å². The number of carbonyl (C=O) groups is 1. The number of hydrogen-bond donors (Lipinski definition) is 2. The van der Waals surface area contributed by atoms with E-state index in [-0.39, 0.29) is 29.4 Å². The van der Waals surface area contributed by atoms with Crippen LogP contribution in [0, 0.1) is 5.82 Å². The van der Waals surface area contributed by atoms with E-state index in [1.807, 2.05) is 0 Å². The lowest BCUT2D eigenvalue weighted by Crippen LogP contribution is -2.20. The van der Waals surface area contributed by atoms with Gasteiger partial charge in [0.1, 0.15) is 11.5 Å². The lowest BCUT2D eigenvalue weighted by Gasteiger charge is -2.05. The van der Waals surface area contributed by atoms with Gasteiger partial charge in [-0.25, -0.2) is 4.39 Å². The molecular weight excluding hydrogens is 315 g/mol. The van der Waals surface area contributed by atoms with Crippen molar-refractivity contribution in [3.8, 4) is 0 Å². The van der Waals surface area contributed by atoms with E-state index in [2.05, 4.69) is 26.2 Å². The van der Waals surface area contributed by atoms with Crippen LogP contribution in [-0.2, 0) is 11.2 Å². The third kappa shape index (κ3) is 3.75. The molecule has 1 heterocycles. The Bertz CT molecular complexity index is 652. The molecule has 0 aliphatic rings. The Morgan fingerprint density at radius 1 is 1.32 bits per heavy atom. The minimum Gasteiger partial charge on any atom is -0.326 e. The molecule has 1 aromatic heterocycles. The van der Waals surface area contributed by atoms with E-state index >= 15 is 0 Å². The van der Waals surface area contributed by atoms with Gasteiger partial charge in [-0.3, -0.25) is 9.59 Å². The summed E-state index contributed by atoms with van der Waals surface area (Å²) in [6, 6.07) is 7.14. The van der Waals surface area contributed by atoms with E-state index in [1.54, 1.807) is 0 Å². The molecule has 0 atom stereocenters. The summed E-state index contributed by atoms with van der Waals surface area (Å²) in [6.45, 7) is 0. The zero-order chi connectivity index (χ0) is 13.8. The van der Waals surface area contributed by atoms with Crippen LogP contribution in [0.25, 0.3) is 0 Å². The zero-order valence-electron chi connectivity index (χ0n) is 9.74. The Morgan fingerprint density at radius 3 is 2.68 bits per heavy atom. The molecule has 0 saturated heterocycles. The number of benzene rings is 1. The molecule has 19 heavy (non-hydrogen) atoms. The van der Waals surface area contributed by atoms with Gasteiger partial charge in [-0.05, 0) is 39.7 Å². The molecule has 6 heteroatoms. The van der Waals surface area contributed by atoms with Crippen LogP contribution >= 0.6 is 15.9 Å². The van der Waals surface area contributed by atoms with Gasteiger partial charge < -0.3 is 10.3 Å². The first kappa shape index (κ1) is 13.5. The highest BCUT2D eigenvalue weighted by Crippen LogP contribution is 2.11. The number of anilines is 1. The van der Waals surface area contributed by atoms with Crippen LogP contribution < -0.4 is 10.9 Å². The summed E-state index contributed by atoms with van der Waals surface area (Å²) in [5.74, 6) is -0.692. The summed E-state index contributed by atoms with van der Waals surface area (Å²) < 4.78 is 13.4. The normalized spacial score (nSPS) is 10.2. The summed E-state index contributed by atoms with van der Waals surface area (Å²) in [6.07, 6.45) is 1.56. The molecule has 1 amide bonds. The number of rotatable bonds is 3. The van der Waals surface area contributed by atoms with Gasteiger partial charge >= 0.3 is 0 Å². The minimum absolute atomic E-state index is 0.0756. The van der Waals surface area contributed by atoms with Crippen molar-refractivity contribution < 1.29 is 9.18 Å². The van der Waals surface area contributed by atoms with Crippen LogP contribution in [0.4, 0.5) is 10.1 Å². The number of halogens is 2. The molecule has 0 spiro atoms. The molecule has 0 saturated carbocycles. The topological polar surface area (TPSA) is 62.0 Å². The van der Waals surface area contributed by atoms with Crippen molar-refractivity contribution in [3.05, 3.63) is 62.7 Å². The van der Waals surface area contributed by atoms with Crippen LogP contribution in [0.15, 0.2) is 45.8 Å². The number of aromatic amines is 1. The fourth-order valence-corrected chi connectivity index (χ4v) is 1.88. The maximum Gasteiger partial charge on any atom is 0.271 e. The van der Waals surface area contributed by atoms with E-state index in [0.29, 0.717) is 10.0 Å². The fourth-order valence-electron chi connectivity index (χ4n) is 1.53. The van der Waals surface area contributed by atoms with Crippen molar-refractivity contribution in [2.45, 2.75) is 6.42 Å². The van der Waals surface area contributed by atoms with Gasteiger partial charge in [-0.2, -0.15) is 0 Å². The summed E-state index contributed by atoms with van der Waals surface area (Å²) >= 11 is 3.20. The number of aromatic nitrogens is 1. The Balaban J connectivity index is 2.07. The molecule has 4 nitrogen and oxygen atoms in total. The summed E-state index contributed by atoms with van der Waals surface area (Å²) in [5.41, 5.74) is 0.461. The number of amides is 1. The van der Waals surface area contributed by atoms with Gasteiger partial charge in [-0.1, -0.05) is 12.1 Å². The number of H-pyrrole nitrogens is 1. The molecule has 2 N–H and O–H groups in total. The first-order valence-corrected chi connectivity index (χ1v) is 6.26. The molecule has 0 fully saturated rings. The smallest absolute Gasteiger partial charge is 0.271 e. The highest BCUT2D eigenvalue weighted by Gasteiger charge is 2.07. The minimum atomic E-state index is -0.379. The molecule has 0 aliphatic carbocycles. The maximum atomic E-state index is 12.7. The van der Waals surface area contributed by atoms with Crippen LogP contribution in [0.3, 0.4) is 0 Å². The van der Waals surface area contributed by atoms with Gasteiger partial charge in [0.25, 0.3) is 5.56 Å². The largest absolute Gasteiger partial charge is 0.326 e. The van der Waals surface area contributed by atoms with Crippen molar-refractivity contribution in [2.75, 3.05) is 5.32 Å². The lowest BCUT2D eigenvalue weighted by atomic mass is 10.1. The predicted octanol–water partition coefficient (Wildman–Crippen LogP) is 2.46. The predicted molar refractivity (Wildman–Crippen MR) is 73.5 cm³/mol. The molecule has 2 aromatic rings. The standard InChI is InChI=1S/C13H10BrFN2O2/c14-9-6-11(13(19)16-7-9)17-12(18)5-8-1-3-10(15)4-2-8/h1-4,6-7H,5H2,(H,16,19)(H,17,18). The molecule has 0 aliphatic heterocycles. The van der Waals surface area contributed by atoms with E-state index in [0.717, 1.165) is 0 Å². The van der Waals surface area contributed by atoms with Crippen molar-refractivity contribution in [2.24, 2.45) is 0 Å². The fraction of sp³-hybridized carbons (Fsp3) is 0.0769. The number of hydrogen-bond acceptors (Lipinski definition) is 2. The average Bonchev–Trinajstić information content (AvgIpc) is 2.37. The zero-order valence-corrected chi connectivity index (χ0v) is 11.3.